The quantitative estimate of drug-likeness (QED) is 0.713. The third-order valence-electron chi connectivity index (χ3n) is 4.70. The molecular weight excluding hydrogens is 328 g/mol. The van der Waals surface area contributed by atoms with Crippen LogP contribution in [0.5, 0.6) is 5.75 Å². The lowest BCUT2D eigenvalue weighted by molar-refractivity contribution is 0.0982. The van der Waals surface area contributed by atoms with Gasteiger partial charge in [0.1, 0.15) is 5.75 Å². The summed E-state index contributed by atoms with van der Waals surface area (Å²) in [5.74, 6) is -0.144. The van der Waals surface area contributed by atoms with Crippen molar-refractivity contribution in [2.75, 3.05) is 11.4 Å². The number of H-pyrrole nitrogens is 1. The van der Waals surface area contributed by atoms with Gasteiger partial charge in [-0.2, -0.15) is 0 Å². The smallest absolute Gasteiger partial charge is 0.258 e. The zero-order chi connectivity index (χ0) is 18.1. The molecular formula is C21H18N2O3. The summed E-state index contributed by atoms with van der Waals surface area (Å²) in [6, 6.07) is 13.7. The molecule has 0 spiro atoms. The standard InChI is InChI=1S/C21H18N2O3/c24-18-5-1-3-14-4-2-12-23(19(14)18)21(26)16-8-6-15(7-9-16)20(25)17-10-11-22-13-17/h1,3,5-11,13,22,24H,2,4,12H2. The Bertz CT molecular complexity index is 959. The number of hydrogen-bond donors (Lipinski definition) is 2. The normalized spacial score (nSPS) is 13.3. The number of aromatic nitrogens is 1. The molecule has 0 saturated carbocycles. The van der Waals surface area contributed by atoms with Crippen LogP contribution in [0, 0.1) is 0 Å². The molecule has 1 aromatic heterocycles. The van der Waals surface area contributed by atoms with Crippen LogP contribution in [-0.4, -0.2) is 28.3 Å². The Balaban J connectivity index is 1.61. The second kappa shape index (κ2) is 6.52. The summed E-state index contributed by atoms with van der Waals surface area (Å²) < 4.78 is 0. The molecule has 26 heavy (non-hydrogen) atoms. The summed E-state index contributed by atoms with van der Waals surface area (Å²) in [6.07, 6.45) is 5.05. The van der Waals surface area contributed by atoms with Gasteiger partial charge in [0.05, 0.1) is 5.69 Å². The Hall–Kier alpha value is -3.34. The number of aromatic hydroxyl groups is 1. The Kier molecular flexibility index (Phi) is 4.05. The van der Waals surface area contributed by atoms with E-state index in [1.54, 1.807) is 59.8 Å². The number of ketones is 1. The average Bonchev–Trinajstić information content (AvgIpc) is 3.21. The molecule has 1 aliphatic heterocycles. The molecule has 2 aromatic carbocycles. The lowest BCUT2D eigenvalue weighted by Crippen LogP contribution is -2.35. The monoisotopic (exact) mass is 346 g/mol. The van der Waals surface area contributed by atoms with E-state index in [1.165, 1.54) is 0 Å². The summed E-state index contributed by atoms with van der Waals surface area (Å²) in [6.45, 7) is 0.563. The molecule has 130 valence electrons. The Morgan fingerprint density at radius 2 is 1.73 bits per heavy atom. The fraction of sp³-hybridized carbons (Fsp3) is 0.143. The van der Waals surface area contributed by atoms with E-state index in [9.17, 15) is 14.7 Å². The van der Waals surface area contributed by atoms with Crippen LogP contribution < -0.4 is 4.90 Å². The van der Waals surface area contributed by atoms with Gasteiger partial charge < -0.3 is 15.0 Å². The maximum Gasteiger partial charge on any atom is 0.258 e. The maximum absolute atomic E-state index is 12.9. The van der Waals surface area contributed by atoms with Crippen molar-refractivity contribution >= 4 is 17.4 Å². The Labute approximate surface area is 150 Å². The van der Waals surface area contributed by atoms with Gasteiger partial charge in [-0.25, -0.2) is 0 Å². The van der Waals surface area contributed by atoms with Crippen LogP contribution >= 0.6 is 0 Å². The number of phenolic OH excluding ortho intramolecular Hbond substituents is 1. The number of hydrogen-bond acceptors (Lipinski definition) is 3. The number of aromatic amines is 1. The van der Waals surface area contributed by atoms with E-state index in [2.05, 4.69) is 4.98 Å². The fourth-order valence-electron chi connectivity index (χ4n) is 3.39. The third-order valence-corrected chi connectivity index (χ3v) is 4.70. The van der Waals surface area contributed by atoms with Crippen molar-refractivity contribution in [1.82, 2.24) is 4.98 Å². The molecule has 1 aliphatic rings. The number of carbonyl (C=O) groups excluding carboxylic acids is 2. The number of rotatable bonds is 3. The molecule has 4 rings (SSSR count). The van der Waals surface area contributed by atoms with Crippen molar-refractivity contribution in [1.29, 1.82) is 0 Å². The molecule has 0 unspecified atom stereocenters. The highest BCUT2D eigenvalue weighted by molar-refractivity contribution is 6.11. The van der Waals surface area contributed by atoms with Crippen LogP contribution in [0.25, 0.3) is 0 Å². The Morgan fingerprint density at radius 1 is 0.962 bits per heavy atom. The van der Waals surface area contributed by atoms with Crippen molar-refractivity contribution in [3.63, 3.8) is 0 Å². The number of para-hydroxylation sites is 1. The summed E-state index contributed by atoms with van der Waals surface area (Å²) in [5.41, 5.74) is 3.17. The van der Waals surface area contributed by atoms with Crippen molar-refractivity contribution < 1.29 is 14.7 Å². The number of phenols is 1. The topological polar surface area (TPSA) is 73.4 Å². The van der Waals surface area contributed by atoms with E-state index in [0.717, 1.165) is 18.4 Å². The van der Waals surface area contributed by atoms with E-state index in [4.69, 9.17) is 0 Å². The predicted octanol–water partition coefficient (Wildman–Crippen LogP) is 3.54. The molecule has 0 atom stereocenters. The van der Waals surface area contributed by atoms with Crippen LogP contribution in [0.3, 0.4) is 0 Å². The molecule has 0 radical (unpaired) electrons. The molecule has 0 aliphatic carbocycles. The van der Waals surface area contributed by atoms with Crippen molar-refractivity contribution in [3.05, 3.63) is 83.2 Å². The number of fused-ring (bicyclic) bond motifs is 1. The van der Waals surface area contributed by atoms with E-state index in [0.29, 0.717) is 28.9 Å². The van der Waals surface area contributed by atoms with Crippen LogP contribution in [0.15, 0.2) is 60.9 Å². The maximum atomic E-state index is 12.9. The third kappa shape index (κ3) is 2.77. The van der Waals surface area contributed by atoms with Gasteiger partial charge in [-0.1, -0.05) is 24.3 Å². The van der Waals surface area contributed by atoms with E-state index in [-0.39, 0.29) is 17.4 Å². The van der Waals surface area contributed by atoms with E-state index < -0.39 is 0 Å². The van der Waals surface area contributed by atoms with Crippen molar-refractivity contribution in [2.24, 2.45) is 0 Å². The van der Waals surface area contributed by atoms with Gasteiger partial charge in [0.15, 0.2) is 5.78 Å². The first-order valence-corrected chi connectivity index (χ1v) is 8.55. The first-order valence-electron chi connectivity index (χ1n) is 8.55. The molecule has 5 nitrogen and oxygen atoms in total. The molecule has 0 saturated heterocycles. The highest BCUT2D eigenvalue weighted by atomic mass is 16.3. The zero-order valence-corrected chi connectivity index (χ0v) is 14.1. The van der Waals surface area contributed by atoms with Crippen molar-refractivity contribution in [2.45, 2.75) is 12.8 Å². The van der Waals surface area contributed by atoms with E-state index >= 15 is 0 Å². The lowest BCUT2D eigenvalue weighted by atomic mass is 9.99. The van der Waals surface area contributed by atoms with E-state index in [1.807, 2.05) is 6.07 Å². The lowest BCUT2D eigenvalue weighted by Gasteiger charge is -2.30. The van der Waals surface area contributed by atoms with Gasteiger partial charge in [-0.3, -0.25) is 9.59 Å². The molecule has 3 aromatic rings. The van der Waals surface area contributed by atoms with Gasteiger partial charge in [-0.15, -0.1) is 0 Å². The van der Waals surface area contributed by atoms with Crippen molar-refractivity contribution in [3.8, 4) is 5.75 Å². The van der Waals surface area contributed by atoms with Crippen LogP contribution in [0.2, 0.25) is 0 Å². The first-order chi connectivity index (χ1) is 12.6. The SMILES string of the molecule is O=C(c1ccc(C(=O)N2CCCc3cccc(O)c32)cc1)c1cc[nH]c1. The van der Waals surface area contributed by atoms with Crippen LogP contribution in [0.4, 0.5) is 5.69 Å². The molecule has 2 N–H and O–H groups in total. The number of aryl methyl sites for hydroxylation is 1. The number of benzene rings is 2. The second-order valence-corrected chi connectivity index (χ2v) is 6.35. The minimum absolute atomic E-state index is 0.0915. The highest BCUT2D eigenvalue weighted by Crippen LogP contribution is 2.36. The number of nitrogens with one attached hydrogen (secondary N) is 1. The van der Waals surface area contributed by atoms with Gasteiger partial charge in [0, 0.05) is 35.6 Å². The largest absolute Gasteiger partial charge is 0.506 e. The molecule has 2 heterocycles. The first kappa shape index (κ1) is 16.1. The van der Waals surface area contributed by atoms with Gasteiger partial charge in [-0.05, 0) is 42.7 Å². The minimum atomic E-state index is -0.173. The van der Waals surface area contributed by atoms with Crippen LogP contribution in [-0.2, 0) is 6.42 Å². The molecule has 5 heteroatoms. The molecule has 0 fully saturated rings. The fourth-order valence-corrected chi connectivity index (χ4v) is 3.39. The molecule has 0 bridgehead atoms. The zero-order valence-electron chi connectivity index (χ0n) is 14.1. The molecule has 1 amide bonds. The summed E-state index contributed by atoms with van der Waals surface area (Å²) >= 11 is 0. The van der Waals surface area contributed by atoms with Gasteiger partial charge in [0.25, 0.3) is 5.91 Å². The summed E-state index contributed by atoms with van der Waals surface area (Å²) in [7, 11) is 0. The Morgan fingerprint density at radius 3 is 2.46 bits per heavy atom. The summed E-state index contributed by atoms with van der Waals surface area (Å²) in [5, 5.41) is 10.2. The number of nitrogens with zero attached hydrogens (tertiary/aromatic N) is 1. The average molecular weight is 346 g/mol. The van der Waals surface area contributed by atoms with Gasteiger partial charge >= 0.3 is 0 Å². The van der Waals surface area contributed by atoms with Gasteiger partial charge in [0.2, 0.25) is 0 Å². The minimum Gasteiger partial charge on any atom is -0.506 e. The highest BCUT2D eigenvalue weighted by Gasteiger charge is 2.26. The number of anilines is 1. The predicted molar refractivity (Wildman–Crippen MR) is 98.8 cm³/mol. The summed E-state index contributed by atoms with van der Waals surface area (Å²) in [4.78, 5) is 29.8. The number of amides is 1. The second-order valence-electron chi connectivity index (χ2n) is 6.35. The van der Waals surface area contributed by atoms with Crippen LogP contribution in [0.1, 0.15) is 38.3 Å². The number of carbonyl (C=O) groups is 2.